The Bertz CT molecular complexity index is 1160. The molecule has 0 fully saturated rings. The molecule has 0 saturated carbocycles. The zero-order valence-corrected chi connectivity index (χ0v) is 16.6. The van der Waals surface area contributed by atoms with Gasteiger partial charge in [0.1, 0.15) is 18.0 Å². The zero-order chi connectivity index (χ0) is 22.6. The fraction of sp³-hybridized carbons (Fsp3) is 0.190. The van der Waals surface area contributed by atoms with E-state index in [1.807, 2.05) is 0 Å². The number of benzene rings is 2. The summed E-state index contributed by atoms with van der Waals surface area (Å²) in [6.07, 6.45) is -4.59. The standard InChI is InChI=1S/C21H18F3N3O4/c1-30-15-5-3-4-13(10-15)16-7-9-20(29)27(26-16)12-19(28)25-17-11-14(21(22,23)24)6-8-18(17)31-2/h3-11H,12H2,1-2H3,(H,25,28). The number of amides is 1. The number of carbonyl (C=O) groups is 1. The Morgan fingerprint density at radius 1 is 1.06 bits per heavy atom. The molecular formula is C21H18F3N3O4. The number of nitrogens with one attached hydrogen (secondary N) is 1. The van der Waals surface area contributed by atoms with Gasteiger partial charge in [-0.2, -0.15) is 18.3 Å². The van der Waals surface area contributed by atoms with E-state index in [9.17, 15) is 22.8 Å². The van der Waals surface area contributed by atoms with Gasteiger partial charge in [-0.25, -0.2) is 4.68 Å². The highest BCUT2D eigenvalue weighted by molar-refractivity contribution is 5.92. The lowest BCUT2D eigenvalue weighted by Gasteiger charge is -2.14. The number of anilines is 1. The van der Waals surface area contributed by atoms with E-state index in [-0.39, 0.29) is 11.4 Å². The number of ether oxygens (including phenoxy) is 2. The van der Waals surface area contributed by atoms with Crippen LogP contribution in [0.4, 0.5) is 18.9 Å². The van der Waals surface area contributed by atoms with Crippen molar-refractivity contribution in [2.75, 3.05) is 19.5 Å². The van der Waals surface area contributed by atoms with Crippen LogP contribution in [0.2, 0.25) is 0 Å². The maximum Gasteiger partial charge on any atom is 0.416 e. The van der Waals surface area contributed by atoms with Crippen molar-refractivity contribution in [1.29, 1.82) is 0 Å². The minimum atomic E-state index is -4.59. The number of hydrogen-bond acceptors (Lipinski definition) is 5. The normalized spacial score (nSPS) is 11.1. The molecule has 0 aliphatic rings. The molecule has 7 nitrogen and oxygen atoms in total. The summed E-state index contributed by atoms with van der Waals surface area (Å²) in [6.45, 7) is -0.504. The summed E-state index contributed by atoms with van der Waals surface area (Å²) < 4.78 is 50.0. The SMILES string of the molecule is COc1cccc(-c2ccc(=O)n(CC(=O)Nc3cc(C(F)(F)F)ccc3OC)n2)c1. The average molecular weight is 433 g/mol. The van der Waals surface area contributed by atoms with Crippen molar-refractivity contribution in [3.05, 3.63) is 70.5 Å². The van der Waals surface area contributed by atoms with Gasteiger partial charge in [-0.3, -0.25) is 9.59 Å². The summed E-state index contributed by atoms with van der Waals surface area (Å²) in [5.74, 6) is -0.103. The topological polar surface area (TPSA) is 82.5 Å². The third-order valence-corrected chi connectivity index (χ3v) is 4.33. The number of carbonyl (C=O) groups excluding carboxylic acids is 1. The Kier molecular flexibility index (Phi) is 6.28. The summed E-state index contributed by atoms with van der Waals surface area (Å²) >= 11 is 0. The molecule has 0 spiro atoms. The summed E-state index contributed by atoms with van der Waals surface area (Å²) in [6, 6.07) is 12.4. The van der Waals surface area contributed by atoms with Gasteiger partial charge in [0.05, 0.1) is 31.2 Å². The van der Waals surface area contributed by atoms with Gasteiger partial charge < -0.3 is 14.8 Å². The smallest absolute Gasteiger partial charge is 0.416 e. The van der Waals surface area contributed by atoms with Crippen LogP contribution in [0.5, 0.6) is 11.5 Å². The van der Waals surface area contributed by atoms with Gasteiger partial charge in [-0.05, 0) is 36.4 Å². The highest BCUT2D eigenvalue weighted by Crippen LogP contribution is 2.34. The molecular weight excluding hydrogens is 415 g/mol. The van der Waals surface area contributed by atoms with Crippen molar-refractivity contribution in [1.82, 2.24) is 9.78 Å². The lowest BCUT2D eigenvalue weighted by atomic mass is 10.1. The molecule has 1 N–H and O–H groups in total. The number of nitrogens with zero attached hydrogens (tertiary/aromatic N) is 2. The van der Waals surface area contributed by atoms with E-state index >= 15 is 0 Å². The van der Waals surface area contributed by atoms with Crippen LogP contribution in [0.25, 0.3) is 11.3 Å². The molecule has 0 bridgehead atoms. The Labute approximate surface area is 175 Å². The second kappa shape index (κ2) is 8.90. The number of hydrogen-bond donors (Lipinski definition) is 1. The van der Waals surface area contributed by atoms with Crippen molar-refractivity contribution >= 4 is 11.6 Å². The zero-order valence-electron chi connectivity index (χ0n) is 16.6. The predicted molar refractivity (Wildman–Crippen MR) is 107 cm³/mol. The number of aromatic nitrogens is 2. The molecule has 3 rings (SSSR count). The first-order chi connectivity index (χ1) is 14.7. The molecule has 0 radical (unpaired) electrons. The van der Waals surface area contributed by atoms with Gasteiger partial charge in [-0.15, -0.1) is 0 Å². The molecule has 3 aromatic rings. The third-order valence-electron chi connectivity index (χ3n) is 4.33. The second-order valence-electron chi connectivity index (χ2n) is 6.41. The summed E-state index contributed by atoms with van der Waals surface area (Å²) in [4.78, 5) is 24.6. The van der Waals surface area contributed by atoms with Crippen molar-refractivity contribution in [2.45, 2.75) is 12.7 Å². The molecule has 162 valence electrons. The van der Waals surface area contributed by atoms with Crippen molar-refractivity contribution in [3.8, 4) is 22.8 Å². The first kappa shape index (κ1) is 21.9. The minimum Gasteiger partial charge on any atom is -0.497 e. The van der Waals surface area contributed by atoms with Gasteiger partial charge in [0.15, 0.2) is 0 Å². The summed E-state index contributed by atoms with van der Waals surface area (Å²) in [5, 5.41) is 6.52. The van der Waals surface area contributed by atoms with E-state index in [0.717, 1.165) is 22.9 Å². The molecule has 1 amide bonds. The van der Waals surface area contributed by atoms with Crippen LogP contribution in [-0.2, 0) is 17.5 Å². The van der Waals surface area contributed by atoms with Gasteiger partial charge in [-0.1, -0.05) is 12.1 Å². The van der Waals surface area contributed by atoms with E-state index < -0.39 is 29.8 Å². The minimum absolute atomic E-state index is 0.0480. The van der Waals surface area contributed by atoms with Crippen molar-refractivity contribution in [3.63, 3.8) is 0 Å². The van der Waals surface area contributed by atoms with Gasteiger partial charge >= 0.3 is 6.18 Å². The maximum atomic E-state index is 13.0. The fourth-order valence-electron chi connectivity index (χ4n) is 2.81. The molecule has 1 aromatic heterocycles. The molecule has 1 heterocycles. The number of methoxy groups -OCH3 is 2. The van der Waals surface area contributed by atoms with E-state index in [1.165, 1.54) is 26.4 Å². The molecule has 0 unspecified atom stereocenters. The predicted octanol–water partition coefficient (Wildman–Crippen LogP) is 3.59. The number of rotatable bonds is 6. The number of halogens is 3. The van der Waals surface area contributed by atoms with Crippen LogP contribution in [0.3, 0.4) is 0 Å². The summed E-state index contributed by atoms with van der Waals surface area (Å²) in [7, 11) is 2.78. The average Bonchev–Trinajstić information content (AvgIpc) is 2.74. The molecule has 10 heteroatoms. The van der Waals surface area contributed by atoms with Crippen LogP contribution in [0.15, 0.2) is 59.4 Å². The van der Waals surface area contributed by atoms with E-state index in [2.05, 4.69) is 10.4 Å². The largest absolute Gasteiger partial charge is 0.497 e. The van der Waals surface area contributed by atoms with Crippen LogP contribution >= 0.6 is 0 Å². The van der Waals surface area contributed by atoms with Gasteiger partial charge in [0.25, 0.3) is 5.56 Å². The lowest BCUT2D eigenvalue weighted by molar-refractivity contribution is -0.137. The third kappa shape index (κ3) is 5.21. The highest BCUT2D eigenvalue weighted by Gasteiger charge is 2.31. The highest BCUT2D eigenvalue weighted by atomic mass is 19.4. The lowest BCUT2D eigenvalue weighted by Crippen LogP contribution is -2.29. The first-order valence-corrected chi connectivity index (χ1v) is 8.99. The Hall–Kier alpha value is -3.82. The van der Waals surface area contributed by atoms with E-state index in [1.54, 1.807) is 24.3 Å². The Balaban J connectivity index is 1.85. The first-order valence-electron chi connectivity index (χ1n) is 8.99. The molecule has 0 saturated heterocycles. The Morgan fingerprint density at radius 2 is 1.84 bits per heavy atom. The monoisotopic (exact) mass is 433 g/mol. The Morgan fingerprint density at radius 3 is 2.52 bits per heavy atom. The molecule has 31 heavy (non-hydrogen) atoms. The molecule has 2 aromatic carbocycles. The molecule has 0 aliphatic heterocycles. The van der Waals surface area contributed by atoms with Crippen LogP contribution in [-0.4, -0.2) is 29.9 Å². The van der Waals surface area contributed by atoms with Crippen LogP contribution in [0.1, 0.15) is 5.56 Å². The molecule has 0 aliphatic carbocycles. The molecule has 0 atom stereocenters. The summed E-state index contributed by atoms with van der Waals surface area (Å²) in [5.41, 5.74) is -0.577. The number of alkyl halides is 3. The van der Waals surface area contributed by atoms with Crippen molar-refractivity contribution < 1.29 is 27.4 Å². The van der Waals surface area contributed by atoms with Crippen LogP contribution < -0.4 is 20.3 Å². The fourth-order valence-corrected chi connectivity index (χ4v) is 2.81. The second-order valence-corrected chi connectivity index (χ2v) is 6.41. The maximum absolute atomic E-state index is 13.0. The van der Waals surface area contributed by atoms with Crippen molar-refractivity contribution in [2.24, 2.45) is 0 Å². The van der Waals surface area contributed by atoms with Gasteiger partial charge in [0.2, 0.25) is 5.91 Å². The van der Waals surface area contributed by atoms with E-state index in [4.69, 9.17) is 9.47 Å². The van der Waals surface area contributed by atoms with Gasteiger partial charge in [0, 0.05) is 11.6 Å². The van der Waals surface area contributed by atoms with Crippen LogP contribution in [0, 0.1) is 0 Å². The quantitative estimate of drug-likeness (QED) is 0.643. The van der Waals surface area contributed by atoms with E-state index in [0.29, 0.717) is 17.0 Å².